The third-order valence-electron chi connectivity index (χ3n) is 3.14. The maximum Gasteiger partial charge on any atom is 0.430 e. The Morgan fingerprint density at radius 2 is 1.57 bits per heavy atom. The van der Waals surface area contributed by atoms with E-state index in [1.54, 1.807) is 0 Å². The van der Waals surface area contributed by atoms with Crippen LogP contribution in [0.15, 0.2) is 60.7 Å². The highest BCUT2D eigenvalue weighted by molar-refractivity contribution is 5.69. The van der Waals surface area contributed by atoms with Crippen LogP contribution in [0.1, 0.15) is 17.2 Å². The summed E-state index contributed by atoms with van der Waals surface area (Å²) in [5, 5.41) is 0. The van der Waals surface area contributed by atoms with Gasteiger partial charge in [0.1, 0.15) is 0 Å². The van der Waals surface area contributed by atoms with Crippen molar-refractivity contribution in [3.05, 3.63) is 71.8 Å². The van der Waals surface area contributed by atoms with Gasteiger partial charge >= 0.3 is 6.09 Å². The molecule has 0 atom stereocenters. The Bertz CT molecular complexity index is 581. The second-order valence-corrected chi connectivity index (χ2v) is 4.44. The number of terminal acetylenes is 1. The van der Waals surface area contributed by atoms with E-state index < -0.39 is 6.09 Å². The van der Waals surface area contributed by atoms with E-state index in [2.05, 4.69) is 10.8 Å². The lowest BCUT2D eigenvalue weighted by molar-refractivity contribution is 0.0979. The predicted molar refractivity (Wildman–Crippen MR) is 80.9 cm³/mol. The zero-order valence-corrected chi connectivity index (χ0v) is 11.5. The van der Waals surface area contributed by atoms with E-state index in [0.29, 0.717) is 0 Å². The monoisotopic (exact) mass is 280 g/mol. The molecular formula is C17H16N2O2. The van der Waals surface area contributed by atoms with Crippen molar-refractivity contribution in [3.63, 3.8) is 0 Å². The minimum atomic E-state index is -0.661. The maximum atomic E-state index is 12.0. The predicted octanol–water partition coefficient (Wildman–Crippen LogP) is 2.72. The number of carbonyl (C=O) groups is 1. The molecular weight excluding hydrogens is 264 g/mol. The molecule has 0 radical (unpaired) electrons. The number of amides is 1. The van der Waals surface area contributed by atoms with Crippen molar-refractivity contribution in [1.82, 2.24) is 4.90 Å². The van der Waals surface area contributed by atoms with Crippen molar-refractivity contribution in [3.8, 4) is 12.3 Å². The lowest BCUT2D eigenvalue weighted by Crippen LogP contribution is -2.37. The highest BCUT2D eigenvalue weighted by atomic mass is 16.7. The van der Waals surface area contributed by atoms with E-state index in [0.717, 1.165) is 11.1 Å². The zero-order valence-electron chi connectivity index (χ0n) is 11.5. The number of hydrogen-bond acceptors (Lipinski definition) is 3. The molecule has 106 valence electrons. The first kappa shape index (κ1) is 14.6. The van der Waals surface area contributed by atoms with Crippen LogP contribution in [0.4, 0.5) is 4.79 Å². The van der Waals surface area contributed by atoms with Gasteiger partial charge in [0.25, 0.3) is 0 Å². The average molecular weight is 280 g/mol. The first-order chi connectivity index (χ1) is 10.3. The lowest BCUT2D eigenvalue weighted by atomic mass is 9.97. The van der Waals surface area contributed by atoms with Crippen LogP contribution in [0.5, 0.6) is 0 Å². The summed E-state index contributed by atoms with van der Waals surface area (Å²) in [7, 11) is 0. The molecule has 2 aromatic carbocycles. The molecule has 2 aromatic rings. The minimum Gasteiger partial charge on any atom is -0.357 e. The molecule has 0 aliphatic carbocycles. The molecule has 0 fully saturated rings. The first-order valence-electron chi connectivity index (χ1n) is 6.48. The van der Waals surface area contributed by atoms with E-state index in [-0.39, 0.29) is 12.6 Å². The second-order valence-electron chi connectivity index (χ2n) is 4.44. The van der Waals surface area contributed by atoms with Crippen LogP contribution in [0.3, 0.4) is 0 Å². The Labute approximate surface area is 124 Å². The van der Waals surface area contributed by atoms with Crippen molar-refractivity contribution < 1.29 is 9.63 Å². The number of hydrogen-bond donors (Lipinski definition) is 1. The highest BCUT2D eigenvalue weighted by Gasteiger charge is 2.27. The summed E-state index contributed by atoms with van der Waals surface area (Å²) in [5.74, 6) is 7.51. The van der Waals surface area contributed by atoms with Crippen LogP contribution < -0.4 is 5.90 Å². The summed E-state index contributed by atoms with van der Waals surface area (Å²) >= 11 is 0. The fraction of sp³-hybridized carbons (Fsp3) is 0.118. The molecule has 0 saturated heterocycles. The van der Waals surface area contributed by atoms with E-state index in [1.807, 2.05) is 60.7 Å². The topological polar surface area (TPSA) is 55.6 Å². The minimum absolute atomic E-state index is 0.102. The van der Waals surface area contributed by atoms with Crippen LogP contribution in [0, 0.1) is 12.3 Å². The fourth-order valence-electron chi connectivity index (χ4n) is 2.25. The molecule has 0 bridgehead atoms. The molecule has 0 unspecified atom stereocenters. The second kappa shape index (κ2) is 7.13. The van der Waals surface area contributed by atoms with Gasteiger partial charge in [-0.2, -0.15) is 5.90 Å². The summed E-state index contributed by atoms with van der Waals surface area (Å²) in [6.07, 6.45) is 4.71. The summed E-state index contributed by atoms with van der Waals surface area (Å²) < 4.78 is 0. The van der Waals surface area contributed by atoms with Gasteiger partial charge in [0.2, 0.25) is 0 Å². The highest BCUT2D eigenvalue weighted by Crippen LogP contribution is 2.28. The lowest BCUT2D eigenvalue weighted by Gasteiger charge is -2.29. The molecule has 4 heteroatoms. The Morgan fingerprint density at radius 3 is 1.95 bits per heavy atom. The number of benzene rings is 2. The molecule has 0 aliphatic heterocycles. The summed E-state index contributed by atoms with van der Waals surface area (Å²) in [4.78, 5) is 17.8. The largest absolute Gasteiger partial charge is 0.430 e. The normalized spacial score (nSPS) is 9.95. The Balaban J connectivity index is 2.50. The molecule has 2 rings (SSSR count). The molecule has 0 aromatic heterocycles. The molecule has 1 amide bonds. The van der Waals surface area contributed by atoms with E-state index in [1.165, 1.54) is 4.90 Å². The number of nitrogens with two attached hydrogens (primary N) is 1. The summed E-state index contributed by atoms with van der Waals surface area (Å²) in [6.45, 7) is 0.102. The number of carbonyl (C=O) groups excluding carboxylic acids is 1. The van der Waals surface area contributed by atoms with Crippen molar-refractivity contribution in [1.29, 1.82) is 0 Å². The van der Waals surface area contributed by atoms with Crippen molar-refractivity contribution >= 4 is 6.09 Å². The molecule has 4 nitrogen and oxygen atoms in total. The Kier molecular flexibility index (Phi) is 4.97. The van der Waals surface area contributed by atoms with Gasteiger partial charge in [-0.15, -0.1) is 6.42 Å². The summed E-state index contributed by atoms with van der Waals surface area (Å²) in [6, 6.07) is 18.9. The van der Waals surface area contributed by atoms with Crippen LogP contribution in [0.25, 0.3) is 0 Å². The van der Waals surface area contributed by atoms with E-state index >= 15 is 0 Å². The third-order valence-corrected chi connectivity index (χ3v) is 3.14. The van der Waals surface area contributed by atoms with Crippen molar-refractivity contribution in [2.45, 2.75) is 6.04 Å². The van der Waals surface area contributed by atoms with E-state index in [4.69, 9.17) is 12.3 Å². The molecule has 2 N–H and O–H groups in total. The fourth-order valence-corrected chi connectivity index (χ4v) is 2.25. The zero-order chi connectivity index (χ0) is 15.1. The van der Waals surface area contributed by atoms with Crippen molar-refractivity contribution in [2.75, 3.05) is 6.54 Å². The molecule has 0 aliphatic rings. The summed E-state index contributed by atoms with van der Waals surface area (Å²) in [5.41, 5.74) is 1.87. The van der Waals surface area contributed by atoms with Gasteiger partial charge in [-0.25, -0.2) is 4.79 Å². The smallest absolute Gasteiger partial charge is 0.357 e. The van der Waals surface area contributed by atoms with Gasteiger partial charge in [-0.1, -0.05) is 66.6 Å². The van der Waals surface area contributed by atoms with E-state index in [9.17, 15) is 4.79 Å². The molecule has 21 heavy (non-hydrogen) atoms. The molecule has 0 heterocycles. The first-order valence-corrected chi connectivity index (χ1v) is 6.48. The van der Waals surface area contributed by atoms with Gasteiger partial charge in [0.05, 0.1) is 12.6 Å². The third kappa shape index (κ3) is 3.41. The standard InChI is InChI=1S/C17H16N2O2/c1-2-13-19(17(20)21-18)16(14-9-5-3-6-10-14)15-11-7-4-8-12-15/h1,3-12,16H,13,18H2. The average Bonchev–Trinajstić information content (AvgIpc) is 2.55. The van der Waals surface area contributed by atoms with Crippen LogP contribution in [-0.4, -0.2) is 17.5 Å². The van der Waals surface area contributed by atoms with Crippen LogP contribution in [-0.2, 0) is 4.84 Å². The van der Waals surface area contributed by atoms with Crippen LogP contribution in [0.2, 0.25) is 0 Å². The number of nitrogens with zero attached hydrogens (tertiary/aromatic N) is 1. The van der Waals surface area contributed by atoms with Gasteiger partial charge < -0.3 is 4.84 Å². The number of rotatable bonds is 4. The quantitative estimate of drug-likeness (QED) is 0.692. The molecule has 0 saturated carbocycles. The van der Waals surface area contributed by atoms with Gasteiger partial charge in [0.15, 0.2) is 0 Å². The Morgan fingerprint density at radius 1 is 1.10 bits per heavy atom. The maximum absolute atomic E-state index is 12.0. The van der Waals surface area contributed by atoms with Gasteiger partial charge in [0, 0.05) is 0 Å². The SMILES string of the molecule is C#CCN(C(=O)ON)C(c1ccccc1)c1ccccc1. The van der Waals surface area contributed by atoms with Gasteiger partial charge in [-0.3, -0.25) is 4.90 Å². The van der Waals surface area contributed by atoms with Crippen molar-refractivity contribution in [2.24, 2.45) is 5.90 Å². The Hall–Kier alpha value is -2.77. The molecule has 0 spiro atoms. The van der Waals surface area contributed by atoms with Crippen LogP contribution >= 0.6 is 0 Å². The van der Waals surface area contributed by atoms with Gasteiger partial charge in [-0.05, 0) is 11.1 Å².